The first-order chi connectivity index (χ1) is 15.0. The van der Waals surface area contributed by atoms with E-state index >= 15 is 0 Å². The van der Waals surface area contributed by atoms with Gasteiger partial charge in [-0.15, -0.1) is 11.8 Å². The lowest BCUT2D eigenvalue weighted by atomic mass is 10.1. The summed E-state index contributed by atoms with van der Waals surface area (Å²) in [4.78, 5) is 18.5. The zero-order valence-corrected chi connectivity index (χ0v) is 18.9. The number of hydrogen-bond donors (Lipinski definition) is 1. The second kappa shape index (κ2) is 9.35. The summed E-state index contributed by atoms with van der Waals surface area (Å²) in [5.74, 6) is 0.865. The molecule has 0 atom stereocenters. The molecule has 2 heterocycles. The zero-order chi connectivity index (χ0) is 21.8. The molecule has 2 aromatic carbocycles. The molecule has 1 N–H and O–H groups in total. The highest BCUT2D eigenvalue weighted by atomic mass is 32.2. The second-order valence-electron chi connectivity index (χ2n) is 7.64. The lowest BCUT2D eigenvalue weighted by Crippen LogP contribution is -2.14. The summed E-state index contributed by atoms with van der Waals surface area (Å²) in [5.41, 5.74) is 6.99. The molecule has 5 nitrogen and oxygen atoms in total. The second-order valence-corrected chi connectivity index (χ2v) is 8.65. The number of hydrogen-bond acceptors (Lipinski definition) is 4. The minimum atomic E-state index is 0.00306. The van der Waals surface area contributed by atoms with E-state index < -0.39 is 0 Å². The Bertz CT molecular complexity index is 1220. The molecule has 1 amide bonds. The van der Waals surface area contributed by atoms with Crippen LogP contribution in [-0.2, 0) is 17.0 Å². The minimum Gasteiger partial charge on any atom is -0.325 e. The van der Waals surface area contributed by atoms with Crippen LogP contribution in [0, 0.1) is 20.8 Å². The van der Waals surface area contributed by atoms with Gasteiger partial charge in [0.05, 0.1) is 11.4 Å². The Morgan fingerprint density at radius 2 is 1.77 bits per heavy atom. The number of nitrogens with zero attached hydrogens (tertiary/aromatic N) is 3. The molecule has 0 bridgehead atoms. The first-order valence-electron chi connectivity index (χ1n) is 10.4. The van der Waals surface area contributed by atoms with Gasteiger partial charge in [0.2, 0.25) is 5.91 Å². The first-order valence-corrected chi connectivity index (χ1v) is 11.4. The van der Waals surface area contributed by atoms with Crippen molar-refractivity contribution in [1.82, 2.24) is 14.6 Å². The summed E-state index contributed by atoms with van der Waals surface area (Å²) in [7, 11) is 0. The molecule has 0 unspecified atom stereocenters. The van der Waals surface area contributed by atoms with Gasteiger partial charge in [-0.3, -0.25) is 4.79 Å². The number of benzene rings is 2. The monoisotopic (exact) mass is 430 g/mol. The van der Waals surface area contributed by atoms with Crippen molar-refractivity contribution in [2.45, 2.75) is 44.3 Å². The van der Waals surface area contributed by atoms with E-state index in [-0.39, 0.29) is 5.91 Å². The summed E-state index contributed by atoms with van der Waals surface area (Å²) in [6.07, 6.45) is 1.03. The molecule has 6 heteroatoms. The van der Waals surface area contributed by atoms with Crippen molar-refractivity contribution in [3.8, 4) is 0 Å². The smallest absolute Gasteiger partial charge is 0.224 e. The predicted octanol–water partition coefficient (Wildman–Crippen LogP) is 5.52. The number of thioether (sulfide) groups is 1. The fourth-order valence-electron chi connectivity index (χ4n) is 3.69. The Hall–Kier alpha value is -3.12. The quantitative estimate of drug-likeness (QED) is 0.392. The number of rotatable bonds is 7. The molecule has 0 radical (unpaired) electrons. The third-order valence-electron chi connectivity index (χ3n) is 5.29. The maximum Gasteiger partial charge on any atom is 0.224 e. The van der Waals surface area contributed by atoms with Gasteiger partial charge in [0, 0.05) is 34.5 Å². The highest BCUT2D eigenvalue weighted by molar-refractivity contribution is 7.98. The van der Waals surface area contributed by atoms with Crippen LogP contribution >= 0.6 is 11.8 Å². The molecule has 0 aliphatic rings. The summed E-state index contributed by atoms with van der Waals surface area (Å²) in [6, 6.07) is 20.3. The van der Waals surface area contributed by atoms with E-state index in [1.165, 1.54) is 5.56 Å². The number of para-hydroxylation sites is 1. The molecule has 4 rings (SSSR count). The summed E-state index contributed by atoms with van der Waals surface area (Å²) < 4.78 is 1.87. The number of carbonyl (C=O) groups excluding carboxylic acids is 1. The van der Waals surface area contributed by atoms with Gasteiger partial charge < -0.3 is 5.32 Å². The predicted molar refractivity (Wildman–Crippen MR) is 127 cm³/mol. The Balaban J connectivity index is 1.42. The topological polar surface area (TPSA) is 59.3 Å². The molecule has 0 saturated carbocycles. The number of amides is 1. The number of aryl methyl sites for hydroxylation is 3. The fraction of sp³-hybridized carbons (Fsp3) is 0.240. The SMILES string of the molecule is Cc1cc2nc(C)c(CCC(=O)Nc3ccccc3SCc3ccccc3)c(C)n2n1. The molecule has 31 heavy (non-hydrogen) atoms. The molecule has 2 aromatic heterocycles. The average molecular weight is 431 g/mol. The van der Waals surface area contributed by atoms with Crippen molar-refractivity contribution in [1.29, 1.82) is 0 Å². The maximum atomic E-state index is 12.7. The van der Waals surface area contributed by atoms with Gasteiger partial charge in [-0.1, -0.05) is 42.5 Å². The number of carbonyl (C=O) groups is 1. The summed E-state index contributed by atoms with van der Waals surface area (Å²) in [6.45, 7) is 6.00. The van der Waals surface area contributed by atoms with Crippen LogP contribution in [0.4, 0.5) is 5.69 Å². The average Bonchev–Trinajstić information content (AvgIpc) is 3.14. The van der Waals surface area contributed by atoms with Gasteiger partial charge in [-0.25, -0.2) is 9.50 Å². The normalized spacial score (nSPS) is 11.1. The maximum absolute atomic E-state index is 12.7. The highest BCUT2D eigenvalue weighted by Crippen LogP contribution is 2.30. The molecule has 0 saturated heterocycles. The Morgan fingerprint density at radius 3 is 2.58 bits per heavy atom. The van der Waals surface area contributed by atoms with Crippen LogP contribution in [0.2, 0.25) is 0 Å². The van der Waals surface area contributed by atoms with Gasteiger partial charge >= 0.3 is 0 Å². The summed E-state index contributed by atoms with van der Waals surface area (Å²) in [5, 5.41) is 7.61. The van der Waals surface area contributed by atoms with Crippen molar-refractivity contribution in [2.24, 2.45) is 0 Å². The van der Waals surface area contributed by atoms with Crippen molar-refractivity contribution in [2.75, 3.05) is 5.32 Å². The van der Waals surface area contributed by atoms with Crippen molar-refractivity contribution >= 4 is 29.0 Å². The van der Waals surface area contributed by atoms with E-state index in [9.17, 15) is 4.79 Å². The number of aromatic nitrogens is 3. The lowest BCUT2D eigenvalue weighted by Gasteiger charge is -2.13. The molecule has 4 aromatic rings. The van der Waals surface area contributed by atoms with E-state index in [0.29, 0.717) is 12.8 Å². The van der Waals surface area contributed by atoms with Gasteiger partial charge in [0.1, 0.15) is 0 Å². The standard InChI is InChI=1S/C25H26N4OS/c1-17-15-24-26-18(2)21(19(3)29(24)28-17)13-14-25(30)27-22-11-7-8-12-23(22)31-16-20-9-5-4-6-10-20/h4-12,15H,13-14,16H2,1-3H3,(H,27,30). The molecule has 0 spiro atoms. The lowest BCUT2D eigenvalue weighted by molar-refractivity contribution is -0.116. The van der Waals surface area contributed by atoms with Gasteiger partial charge in [0.25, 0.3) is 0 Å². The van der Waals surface area contributed by atoms with Crippen LogP contribution in [0.25, 0.3) is 5.65 Å². The van der Waals surface area contributed by atoms with Gasteiger partial charge in [-0.05, 0) is 50.5 Å². The molecule has 0 aliphatic heterocycles. The molecular weight excluding hydrogens is 404 g/mol. The van der Waals surface area contributed by atoms with Gasteiger partial charge in [-0.2, -0.15) is 5.10 Å². The van der Waals surface area contributed by atoms with Gasteiger partial charge in [0.15, 0.2) is 5.65 Å². The van der Waals surface area contributed by atoms with E-state index in [0.717, 1.165) is 44.6 Å². The first kappa shape index (κ1) is 21.1. The zero-order valence-electron chi connectivity index (χ0n) is 18.1. The minimum absolute atomic E-state index is 0.00306. The van der Waals surface area contributed by atoms with Crippen molar-refractivity contribution in [3.63, 3.8) is 0 Å². The fourth-order valence-corrected chi connectivity index (χ4v) is 4.65. The summed E-state index contributed by atoms with van der Waals surface area (Å²) >= 11 is 1.73. The van der Waals surface area contributed by atoms with Crippen LogP contribution in [0.15, 0.2) is 65.6 Å². The Morgan fingerprint density at radius 1 is 1.03 bits per heavy atom. The van der Waals surface area contributed by atoms with Crippen LogP contribution < -0.4 is 5.32 Å². The Kier molecular flexibility index (Phi) is 6.37. The van der Waals surface area contributed by atoms with E-state index in [1.54, 1.807) is 11.8 Å². The van der Waals surface area contributed by atoms with E-state index in [4.69, 9.17) is 0 Å². The van der Waals surface area contributed by atoms with E-state index in [2.05, 4.69) is 33.6 Å². The van der Waals surface area contributed by atoms with Crippen LogP contribution in [0.5, 0.6) is 0 Å². The molecule has 158 valence electrons. The molecular formula is C25H26N4OS. The van der Waals surface area contributed by atoms with Crippen molar-refractivity contribution in [3.05, 3.63) is 88.9 Å². The highest BCUT2D eigenvalue weighted by Gasteiger charge is 2.14. The number of nitrogens with one attached hydrogen (secondary N) is 1. The number of fused-ring (bicyclic) bond motifs is 1. The largest absolute Gasteiger partial charge is 0.325 e. The van der Waals surface area contributed by atoms with Crippen molar-refractivity contribution < 1.29 is 4.79 Å². The molecule has 0 aliphatic carbocycles. The van der Waals surface area contributed by atoms with Crippen LogP contribution in [0.1, 0.15) is 34.6 Å². The third-order valence-corrected chi connectivity index (χ3v) is 6.43. The van der Waals surface area contributed by atoms with Crippen LogP contribution in [-0.4, -0.2) is 20.5 Å². The Labute approximate surface area is 186 Å². The molecule has 0 fully saturated rings. The van der Waals surface area contributed by atoms with E-state index in [1.807, 2.05) is 67.8 Å². The van der Waals surface area contributed by atoms with Crippen LogP contribution in [0.3, 0.4) is 0 Å². The number of anilines is 1. The third kappa shape index (κ3) is 4.97.